The third-order valence-electron chi connectivity index (χ3n) is 7.52. The van der Waals surface area contributed by atoms with E-state index in [0.29, 0.717) is 54.9 Å². The normalized spacial score (nSPS) is 13.3. The zero-order chi connectivity index (χ0) is 25.9. The summed E-state index contributed by atoms with van der Waals surface area (Å²) in [5.41, 5.74) is 3.85. The lowest BCUT2D eigenvalue weighted by atomic mass is 10.1. The summed E-state index contributed by atoms with van der Waals surface area (Å²) in [4.78, 5) is 13.3. The van der Waals surface area contributed by atoms with E-state index in [-0.39, 0.29) is 5.97 Å². The predicted octanol–water partition coefficient (Wildman–Crippen LogP) is 10.1. The average molecular weight is 578 g/mol. The lowest BCUT2D eigenvalue weighted by Crippen LogP contribution is -2.49. The highest BCUT2D eigenvalue weighted by Crippen LogP contribution is 2.44. The molecule has 0 aromatic heterocycles. The summed E-state index contributed by atoms with van der Waals surface area (Å²) in [5, 5.41) is 0.551. The van der Waals surface area contributed by atoms with Gasteiger partial charge in [0.1, 0.15) is 0 Å². The van der Waals surface area contributed by atoms with Gasteiger partial charge in [0.25, 0.3) is 8.32 Å². The second-order valence-electron chi connectivity index (χ2n) is 11.2. The highest BCUT2D eigenvalue weighted by atomic mass is 79.9. The van der Waals surface area contributed by atoms with E-state index >= 15 is 0 Å². The van der Waals surface area contributed by atoms with Crippen LogP contribution in [0.5, 0.6) is 0 Å². The molecule has 0 atom stereocenters. The van der Waals surface area contributed by atoms with Gasteiger partial charge in [-0.05, 0) is 66.9 Å². The maximum absolute atomic E-state index is 13.3. The van der Waals surface area contributed by atoms with Crippen LogP contribution in [0.25, 0.3) is 0 Å². The standard InChI is InChI=1S/C26H46BrClO3Si2/c1-16(2)32(17(3)4,18(5)6)30-15-22-13-24(27)23(14-25(22)28)26(29)31-33(19(7)8,20(9)10)21(11)12/h13-14,16-21H,15H2,1-12H3. The first kappa shape index (κ1) is 30.9. The van der Waals surface area contributed by atoms with Gasteiger partial charge in [0, 0.05) is 9.50 Å². The predicted molar refractivity (Wildman–Crippen MR) is 151 cm³/mol. The van der Waals surface area contributed by atoms with E-state index in [9.17, 15) is 4.79 Å². The van der Waals surface area contributed by atoms with Crippen molar-refractivity contribution in [3.63, 3.8) is 0 Å². The van der Waals surface area contributed by atoms with Crippen molar-refractivity contribution in [2.45, 2.75) is 123 Å². The fourth-order valence-electron chi connectivity index (χ4n) is 6.13. The number of carbonyl (C=O) groups excluding carboxylic acids is 1. The van der Waals surface area contributed by atoms with Crippen LogP contribution >= 0.6 is 27.5 Å². The van der Waals surface area contributed by atoms with E-state index in [2.05, 4.69) is 99.0 Å². The van der Waals surface area contributed by atoms with Crippen molar-refractivity contribution in [1.82, 2.24) is 0 Å². The molecule has 0 saturated heterocycles. The van der Waals surface area contributed by atoms with Gasteiger partial charge in [0.05, 0.1) is 12.2 Å². The molecule has 0 fully saturated rings. The Morgan fingerprint density at radius 1 is 0.788 bits per heavy atom. The van der Waals surface area contributed by atoms with Gasteiger partial charge in [-0.3, -0.25) is 0 Å². The summed E-state index contributed by atoms with van der Waals surface area (Å²) in [7, 11) is -4.35. The largest absolute Gasteiger partial charge is 0.515 e. The van der Waals surface area contributed by atoms with E-state index in [0.717, 1.165) is 5.56 Å². The van der Waals surface area contributed by atoms with Crippen LogP contribution in [0.1, 0.15) is 99.0 Å². The summed E-state index contributed by atoms with van der Waals surface area (Å²) in [5.74, 6) is -0.283. The lowest BCUT2D eigenvalue weighted by Gasteiger charge is -2.42. The van der Waals surface area contributed by atoms with Gasteiger partial charge in [-0.2, -0.15) is 0 Å². The molecule has 190 valence electrons. The highest BCUT2D eigenvalue weighted by Gasteiger charge is 2.48. The monoisotopic (exact) mass is 576 g/mol. The van der Waals surface area contributed by atoms with Crippen LogP contribution in [-0.4, -0.2) is 22.6 Å². The van der Waals surface area contributed by atoms with E-state index in [1.807, 2.05) is 6.07 Å². The molecule has 0 aliphatic carbocycles. The quantitative estimate of drug-likeness (QED) is 0.245. The summed E-state index contributed by atoms with van der Waals surface area (Å²) < 4.78 is 13.8. The van der Waals surface area contributed by atoms with Crippen molar-refractivity contribution < 1.29 is 13.6 Å². The van der Waals surface area contributed by atoms with Crippen molar-refractivity contribution in [3.8, 4) is 0 Å². The Morgan fingerprint density at radius 2 is 1.18 bits per heavy atom. The number of hydrogen-bond donors (Lipinski definition) is 0. The van der Waals surface area contributed by atoms with Gasteiger partial charge in [-0.25, -0.2) is 4.79 Å². The molecule has 0 spiro atoms. The molecule has 0 N–H and O–H groups in total. The molecule has 0 unspecified atom stereocenters. The molecule has 3 nitrogen and oxygen atoms in total. The molecular weight excluding hydrogens is 532 g/mol. The topological polar surface area (TPSA) is 35.5 Å². The van der Waals surface area contributed by atoms with Crippen molar-refractivity contribution in [3.05, 3.63) is 32.8 Å². The molecule has 1 aromatic carbocycles. The van der Waals surface area contributed by atoms with Crippen molar-refractivity contribution in [2.24, 2.45) is 0 Å². The van der Waals surface area contributed by atoms with Crippen LogP contribution in [0.3, 0.4) is 0 Å². The van der Waals surface area contributed by atoms with E-state index in [1.54, 1.807) is 6.07 Å². The summed E-state index contributed by atoms with van der Waals surface area (Å²) >= 11 is 10.3. The minimum absolute atomic E-state index is 0.283. The second kappa shape index (κ2) is 12.2. The molecule has 0 aliphatic heterocycles. The second-order valence-corrected chi connectivity index (χ2v) is 23.3. The van der Waals surface area contributed by atoms with Gasteiger partial charge in [0.15, 0.2) is 0 Å². The third kappa shape index (κ3) is 6.35. The smallest absolute Gasteiger partial charge is 0.326 e. The minimum Gasteiger partial charge on any atom is -0.515 e. The molecule has 0 bridgehead atoms. The van der Waals surface area contributed by atoms with E-state index in [4.69, 9.17) is 20.5 Å². The highest BCUT2D eigenvalue weighted by molar-refractivity contribution is 9.10. The zero-order valence-electron chi connectivity index (χ0n) is 22.8. The molecule has 0 amide bonds. The Bertz CT molecular complexity index is 763. The molecule has 1 rings (SSSR count). The molecular formula is C26H46BrClO3Si2. The van der Waals surface area contributed by atoms with Crippen molar-refractivity contribution in [1.29, 1.82) is 0 Å². The summed E-state index contributed by atoms with van der Waals surface area (Å²) in [6.07, 6.45) is 0. The minimum atomic E-state index is -2.34. The first-order chi connectivity index (χ1) is 15.0. The molecule has 0 saturated carbocycles. The lowest BCUT2D eigenvalue weighted by molar-refractivity contribution is 0.0704. The van der Waals surface area contributed by atoms with Gasteiger partial charge < -0.3 is 8.85 Å². The number of benzene rings is 1. The third-order valence-corrected chi connectivity index (χ3v) is 20.5. The number of halogens is 2. The van der Waals surface area contributed by atoms with Crippen LogP contribution < -0.4 is 0 Å². The average Bonchev–Trinajstić information content (AvgIpc) is 2.66. The number of hydrogen-bond acceptors (Lipinski definition) is 3. The summed E-state index contributed by atoms with van der Waals surface area (Å²) in [6.45, 7) is 27.2. The van der Waals surface area contributed by atoms with Crippen LogP contribution in [-0.2, 0) is 15.5 Å². The summed E-state index contributed by atoms with van der Waals surface area (Å²) in [6, 6.07) is 3.68. The number of carbonyl (C=O) groups is 1. The Labute approximate surface area is 218 Å². The Morgan fingerprint density at radius 3 is 1.55 bits per heavy atom. The van der Waals surface area contributed by atoms with Crippen LogP contribution in [0.2, 0.25) is 38.3 Å². The molecule has 0 radical (unpaired) electrons. The van der Waals surface area contributed by atoms with Crippen molar-refractivity contribution in [2.75, 3.05) is 0 Å². The van der Waals surface area contributed by atoms with Crippen LogP contribution in [0.4, 0.5) is 0 Å². The maximum Gasteiger partial charge on any atom is 0.326 e. The molecule has 0 heterocycles. The molecule has 7 heteroatoms. The van der Waals surface area contributed by atoms with Gasteiger partial charge in [-0.15, -0.1) is 0 Å². The first-order valence-corrected chi connectivity index (χ1v) is 17.9. The van der Waals surface area contributed by atoms with Crippen LogP contribution in [0.15, 0.2) is 16.6 Å². The van der Waals surface area contributed by atoms with Crippen molar-refractivity contribution >= 4 is 50.1 Å². The van der Waals surface area contributed by atoms with E-state index < -0.39 is 16.6 Å². The number of rotatable bonds is 11. The fraction of sp³-hybridized carbons (Fsp3) is 0.731. The Hall–Kier alpha value is -0.146. The molecule has 1 aromatic rings. The SMILES string of the molecule is CC(C)[Si](OCc1cc(Br)c(C(=O)O[Si](C(C)C)(C(C)C)C(C)C)cc1Cl)(C(C)C)C(C)C. The zero-order valence-corrected chi connectivity index (χ0v) is 27.1. The maximum atomic E-state index is 13.3. The first-order valence-electron chi connectivity index (χ1n) is 12.4. The fourth-order valence-corrected chi connectivity index (χ4v) is 17.4. The van der Waals surface area contributed by atoms with Gasteiger partial charge >= 0.3 is 5.97 Å². The molecule has 33 heavy (non-hydrogen) atoms. The van der Waals surface area contributed by atoms with Crippen LogP contribution in [0, 0.1) is 0 Å². The van der Waals surface area contributed by atoms with Gasteiger partial charge in [-0.1, -0.05) is 94.7 Å². The Kier molecular flexibility index (Phi) is 11.4. The van der Waals surface area contributed by atoms with E-state index in [1.165, 1.54) is 0 Å². The van der Waals surface area contributed by atoms with Gasteiger partial charge in [0.2, 0.25) is 8.32 Å². The Balaban J connectivity index is 3.28. The molecule has 0 aliphatic rings.